The summed E-state index contributed by atoms with van der Waals surface area (Å²) in [5, 5.41) is 0. The minimum absolute atomic E-state index is 0.152. The zero-order chi connectivity index (χ0) is 14.0. The normalized spacial score (nSPS) is 19.1. The lowest BCUT2D eigenvalue weighted by atomic mass is 10.1. The maximum absolute atomic E-state index is 12.0. The smallest absolute Gasteiger partial charge is 0.232 e. The van der Waals surface area contributed by atoms with E-state index in [2.05, 4.69) is 0 Å². The van der Waals surface area contributed by atoms with Crippen LogP contribution in [0.4, 0.5) is 0 Å². The minimum Gasteiger partial charge on any atom is -0.292 e. The van der Waals surface area contributed by atoms with E-state index in [1.807, 2.05) is 18.4 Å². The van der Waals surface area contributed by atoms with Crippen molar-refractivity contribution in [3.05, 3.63) is 29.8 Å². The molecule has 5 heteroatoms. The highest BCUT2D eigenvalue weighted by Gasteiger charge is 2.36. The molecule has 4 nitrogen and oxygen atoms in total. The summed E-state index contributed by atoms with van der Waals surface area (Å²) in [5.74, 6) is -1.02. The zero-order valence-electron chi connectivity index (χ0n) is 10.9. The Morgan fingerprint density at radius 1 is 1.32 bits per heavy atom. The minimum atomic E-state index is -0.306. The molecule has 2 rings (SSSR count). The summed E-state index contributed by atoms with van der Waals surface area (Å²) in [4.78, 5) is 37.5. The number of thioether (sulfide) groups is 1. The van der Waals surface area contributed by atoms with Crippen LogP contribution in [0.15, 0.2) is 29.2 Å². The Labute approximate surface area is 116 Å². The Hall–Kier alpha value is -1.62. The van der Waals surface area contributed by atoms with E-state index in [-0.39, 0.29) is 36.5 Å². The average Bonchev–Trinajstić information content (AvgIpc) is 2.65. The van der Waals surface area contributed by atoms with Gasteiger partial charge in [-0.3, -0.25) is 19.3 Å². The van der Waals surface area contributed by atoms with Gasteiger partial charge in [0, 0.05) is 22.8 Å². The van der Waals surface area contributed by atoms with Crippen molar-refractivity contribution < 1.29 is 14.4 Å². The Bertz CT molecular complexity index is 524. The number of Topliss-reactive ketones (excluding diaryl/α,β-unsaturated/α-hetero) is 1. The molecular formula is C14H15NO3S. The van der Waals surface area contributed by atoms with Crippen LogP contribution in [0.25, 0.3) is 0 Å². The molecule has 1 atom stereocenters. The predicted molar refractivity (Wildman–Crippen MR) is 73.1 cm³/mol. The Balaban J connectivity index is 2.08. The average molecular weight is 277 g/mol. The fourth-order valence-corrected chi connectivity index (χ4v) is 2.43. The maximum Gasteiger partial charge on any atom is 0.232 e. The van der Waals surface area contributed by atoms with Gasteiger partial charge in [-0.2, -0.15) is 0 Å². The van der Waals surface area contributed by atoms with Crippen molar-refractivity contribution in [1.82, 2.24) is 4.90 Å². The number of carbonyl (C=O) groups excluding carboxylic acids is 3. The summed E-state index contributed by atoms with van der Waals surface area (Å²) >= 11 is 1.59. The van der Waals surface area contributed by atoms with E-state index >= 15 is 0 Å². The Kier molecular flexibility index (Phi) is 4.04. The van der Waals surface area contributed by atoms with Crippen LogP contribution in [-0.4, -0.2) is 35.3 Å². The molecule has 2 amide bonds. The number of hydrogen-bond acceptors (Lipinski definition) is 4. The molecule has 0 bridgehead atoms. The van der Waals surface area contributed by atoms with Crippen LogP contribution < -0.4 is 0 Å². The van der Waals surface area contributed by atoms with E-state index in [9.17, 15) is 14.4 Å². The summed E-state index contributed by atoms with van der Waals surface area (Å²) in [5.41, 5.74) is 0.526. The van der Waals surface area contributed by atoms with Crippen LogP contribution >= 0.6 is 11.8 Å². The summed E-state index contributed by atoms with van der Waals surface area (Å²) in [6.07, 6.45) is 2.16. The predicted octanol–water partition coefficient (Wildman–Crippen LogP) is 1.99. The fourth-order valence-electron chi connectivity index (χ4n) is 2.03. The first-order valence-electron chi connectivity index (χ1n) is 6.04. The highest BCUT2D eigenvalue weighted by atomic mass is 32.2. The Morgan fingerprint density at radius 2 is 1.95 bits per heavy atom. The van der Waals surface area contributed by atoms with Gasteiger partial charge in [-0.05, 0) is 18.4 Å². The van der Waals surface area contributed by atoms with Crippen molar-refractivity contribution in [2.45, 2.75) is 18.2 Å². The molecule has 0 saturated carbocycles. The molecule has 1 heterocycles. The van der Waals surface area contributed by atoms with E-state index < -0.39 is 0 Å². The van der Waals surface area contributed by atoms with Crippen LogP contribution in [0.3, 0.4) is 0 Å². The van der Waals surface area contributed by atoms with E-state index in [0.29, 0.717) is 5.56 Å². The lowest BCUT2D eigenvalue weighted by Gasteiger charge is -2.13. The summed E-state index contributed by atoms with van der Waals surface area (Å²) in [6, 6.07) is 7.16. The van der Waals surface area contributed by atoms with Gasteiger partial charge in [-0.1, -0.05) is 19.1 Å². The van der Waals surface area contributed by atoms with Crippen LogP contribution in [0.1, 0.15) is 23.7 Å². The molecule has 1 fully saturated rings. The van der Waals surface area contributed by atoms with Crippen molar-refractivity contribution in [1.29, 1.82) is 0 Å². The number of hydrogen-bond donors (Lipinski definition) is 0. The lowest BCUT2D eigenvalue weighted by Crippen LogP contribution is -2.35. The third-order valence-electron chi connectivity index (χ3n) is 3.18. The third kappa shape index (κ3) is 2.87. The van der Waals surface area contributed by atoms with E-state index in [0.717, 1.165) is 9.80 Å². The van der Waals surface area contributed by atoms with Crippen LogP contribution in [-0.2, 0) is 9.59 Å². The standard InChI is InChI=1S/C14H15NO3S/c1-9-7-13(17)15(14(9)18)8-12(16)10-3-5-11(19-2)6-4-10/h3-6,9H,7-8H2,1-2H3. The molecule has 0 N–H and O–H groups in total. The number of carbonyl (C=O) groups is 3. The molecule has 1 aliphatic heterocycles. The number of imide groups is 1. The third-order valence-corrected chi connectivity index (χ3v) is 3.93. The monoisotopic (exact) mass is 277 g/mol. The van der Waals surface area contributed by atoms with Crippen molar-refractivity contribution in [3.63, 3.8) is 0 Å². The molecule has 19 heavy (non-hydrogen) atoms. The molecular weight excluding hydrogens is 262 g/mol. The highest BCUT2D eigenvalue weighted by Crippen LogP contribution is 2.20. The second kappa shape index (κ2) is 5.57. The highest BCUT2D eigenvalue weighted by molar-refractivity contribution is 7.98. The topological polar surface area (TPSA) is 54.5 Å². The largest absolute Gasteiger partial charge is 0.292 e. The second-order valence-corrected chi connectivity index (χ2v) is 5.45. The summed E-state index contributed by atoms with van der Waals surface area (Å²) in [6.45, 7) is 1.55. The molecule has 100 valence electrons. The van der Waals surface area contributed by atoms with Gasteiger partial charge in [0.1, 0.15) is 0 Å². The number of rotatable bonds is 4. The summed E-state index contributed by atoms with van der Waals surface area (Å²) in [7, 11) is 0. The van der Waals surface area contributed by atoms with Crippen molar-refractivity contribution in [2.24, 2.45) is 5.92 Å². The number of nitrogens with zero attached hydrogens (tertiary/aromatic N) is 1. The molecule has 0 radical (unpaired) electrons. The SMILES string of the molecule is CSc1ccc(C(=O)CN2C(=O)CC(C)C2=O)cc1. The zero-order valence-corrected chi connectivity index (χ0v) is 11.7. The first-order chi connectivity index (χ1) is 9.02. The second-order valence-electron chi connectivity index (χ2n) is 4.57. The van der Waals surface area contributed by atoms with Crippen molar-refractivity contribution >= 4 is 29.4 Å². The van der Waals surface area contributed by atoms with Crippen LogP contribution in [0, 0.1) is 5.92 Å². The van der Waals surface area contributed by atoms with Gasteiger partial charge < -0.3 is 0 Å². The quantitative estimate of drug-likeness (QED) is 0.480. The molecule has 0 spiro atoms. The molecule has 1 aliphatic rings. The lowest BCUT2D eigenvalue weighted by molar-refractivity contribution is -0.138. The molecule has 0 aromatic heterocycles. The van der Waals surface area contributed by atoms with Gasteiger partial charge in [0.2, 0.25) is 11.8 Å². The van der Waals surface area contributed by atoms with Crippen molar-refractivity contribution in [3.8, 4) is 0 Å². The number of likely N-dealkylation sites (tertiary alicyclic amines) is 1. The van der Waals surface area contributed by atoms with E-state index in [1.165, 1.54) is 0 Å². The van der Waals surface area contributed by atoms with E-state index in [1.54, 1.807) is 30.8 Å². The summed E-state index contributed by atoms with van der Waals surface area (Å²) < 4.78 is 0. The maximum atomic E-state index is 12.0. The Morgan fingerprint density at radius 3 is 2.42 bits per heavy atom. The number of ketones is 1. The molecule has 1 aromatic rings. The van der Waals surface area contributed by atoms with Gasteiger partial charge in [-0.15, -0.1) is 11.8 Å². The molecule has 1 unspecified atom stereocenters. The molecule has 1 saturated heterocycles. The van der Waals surface area contributed by atoms with Gasteiger partial charge in [-0.25, -0.2) is 0 Å². The number of benzene rings is 1. The van der Waals surface area contributed by atoms with Crippen molar-refractivity contribution in [2.75, 3.05) is 12.8 Å². The first-order valence-corrected chi connectivity index (χ1v) is 7.27. The molecule has 1 aromatic carbocycles. The van der Waals surface area contributed by atoms with Crippen LogP contribution in [0.2, 0.25) is 0 Å². The van der Waals surface area contributed by atoms with Gasteiger partial charge in [0.05, 0.1) is 6.54 Å². The molecule has 0 aliphatic carbocycles. The van der Waals surface area contributed by atoms with Gasteiger partial charge in [0.25, 0.3) is 0 Å². The van der Waals surface area contributed by atoms with E-state index in [4.69, 9.17) is 0 Å². The van der Waals surface area contributed by atoms with Crippen LogP contribution in [0.5, 0.6) is 0 Å². The number of amides is 2. The van der Waals surface area contributed by atoms with Gasteiger partial charge >= 0.3 is 0 Å². The first kappa shape index (κ1) is 13.8. The van der Waals surface area contributed by atoms with Gasteiger partial charge in [0.15, 0.2) is 5.78 Å². The fraction of sp³-hybridized carbons (Fsp3) is 0.357.